The molecule has 0 radical (unpaired) electrons. The van der Waals surface area contributed by atoms with Crippen LogP contribution < -0.4 is 0 Å². The number of furan rings is 1. The first-order valence-corrected chi connectivity index (χ1v) is 19.8. The fourth-order valence-electron chi connectivity index (χ4n) is 9.74. The summed E-state index contributed by atoms with van der Waals surface area (Å²) in [6, 6.07) is 66.7. The number of nitriles is 1. The van der Waals surface area contributed by atoms with E-state index in [-0.39, 0.29) is 0 Å². The first-order valence-electron chi connectivity index (χ1n) is 19.8. The second kappa shape index (κ2) is 12.6. The van der Waals surface area contributed by atoms with Gasteiger partial charge in [-0.25, -0.2) is 4.85 Å². The normalized spacial score (nSPS) is 11.7. The van der Waals surface area contributed by atoms with Gasteiger partial charge in [-0.05, 0) is 123 Å². The Kier molecular flexibility index (Phi) is 7.06. The van der Waals surface area contributed by atoms with E-state index >= 15 is 0 Å². The largest absolute Gasteiger partial charge is 0.456 e. The maximum absolute atomic E-state index is 9.89. The van der Waals surface area contributed by atoms with E-state index in [4.69, 9.17) is 11.0 Å². The number of hydrogen-bond donors (Lipinski definition) is 0. The van der Waals surface area contributed by atoms with Crippen LogP contribution in [-0.2, 0) is 0 Å². The molecule has 0 spiro atoms. The highest BCUT2D eigenvalue weighted by molar-refractivity contribution is 6.37. The molecule has 0 atom stereocenters. The third-order valence-corrected chi connectivity index (χ3v) is 12.3. The van der Waals surface area contributed by atoms with Gasteiger partial charge in [0.05, 0.1) is 12.6 Å². The molecule has 1 heterocycles. The molecule has 0 saturated heterocycles. The lowest BCUT2D eigenvalue weighted by atomic mass is 9.84. The molecule has 0 bridgehead atoms. The van der Waals surface area contributed by atoms with Crippen molar-refractivity contribution in [3.05, 3.63) is 199 Å². The predicted molar refractivity (Wildman–Crippen MR) is 246 cm³/mol. The third-order valence-electron chi connectivity index (χ3n) is 12.3. The minimum Gasteiger partial charge on any atom is -0.456 e. The van der Waals surface area contributed by atoms with Crippen LogP contribution in [0.3, 0.4) is 0 Å². The molecule has 3 heteroatoms. The van der Waals surface area contributed by atoms with Crippen molar-refractivity contribution in [1.29, 1.82) is 5.26 Å². The molecule has 59 heavy (non-hydrogen) atoms. The van der Waals surface area contributed by atoms with Gasteiger partial charge in [-0.2, -0.15) is 5.26 Å². The molecule has 11 aromatic carbocycles. The Labute approximate surface area is 339 Å². The van der Waals surface area contributed by atoms with Crippen LogP contribution in [0.25, 0.3) is 125 Å². The molecule has 0 N–H and O–H groups in total. The summed E-state index contributed by atoms with van der Waals surface area (Å²) < 4.78 is 6.55. The summed E-state index contributed by atoms with van der Waals surface area (Å²) in [6.07, 6.45) is 0. The fraction of sp³-hybridized carbons (Fsp3) is 0. The zero-order valence-electron chi connectivity index (χ0n) is 31.6. The number of nitrogens with zero attached hydrogens (tertiary/aromatic N) is 2. The molecule has 0 fully saturated rings. The zero-order chi connectivity index (χ0) is 39.2. The lowest BCUT2D eigenvalue weighted by Crippen LogP contribution is -1.92. The van der Waals surface area contributed by atoms with Crippen molar-refractivity contribution >= 4 is 92.3 Å². The maximum Gasteiger partial charge on any atom is 0.188 e. The Balaban J connectivity index is 1.10. The summed E-state index contributed by atoms with van der Waals surface area (Å²) in [5, 5.41) is 26.7. The van der Waals surface area contributed by atoms with Crippen LogP contribution in [-0.4, -0.2) is 0 Å². The average molecular weight is 747 g/mol. The van der Waals surface area contributed by atoms with E-state index in [9.17, 15) is 5.26 Å². The quantitative estimate of drug-likeness (QED) is 0.103. The van der Waals surface area contributed by atoms with E-state index in [1.165, 1.54) is 92.1 Å². The van der Waals surface area contributed by atoms with Crippen molar-refractivity contribution in [3.63, 3.8) is 0 Å². The Morgan fingerprint density at radius 1 is 0.407 bits per heavy atom. The SMILES string of the molecule is [C-]#[N+]c1ccc(-c2ccc(-c3c4ccccc4c(-c4ccc5c(c4)c4ccccc4c4c5ccc5oc6ccc7ccccc7c6c54)c4ccccc34)cc2)c(C#N)c1. The van der Waals surface area contributed by atoms with Crippen molar-refractivity contribution in [2.45, 2.75) is 0 Å². The van der Waals surface area contributed by atoms with Gasteiger partial charge in [0, 0.05) is 21.7 Å². The number of fused-ring (bicyclic) bond motifs is 14. The van der Waals surface area contributed by atoms with Gasteiger partial charge < -0.3 is 4.42 Å². The van der Waals surface area contributed by atoms with Crippen LogP contribution >= 0.6 is 0 Å². The smallest absolute Gasteiger partial charge is 0.188 e. The van der Waals surface area contributed by atoms with Crippen molar-refractivity contribution in [3.8, 4) is 39.4 Å². The Morgan fingerprint density at radius 2 is 0.932 bits per heavy atom. The van der Waals surface area contributed by atoms with Crippen molar-refractivity contribution in [2.24, 2.45) is 0 Å². The predicted octanol–water partition coefficient (Wildman–Crippen LogP) is 15.9. The summed E-state index contributed by atoms with van der Waals surface area (Å²) in [4.78, 5) is 3.52. The summed E-state index contributed by atoms with van der Waals surface area (Å²) >= 11 is 0. The Hall–Kier alpha value is -8.24. The molecule has 3 nitrogen and oxygen atoms in total. The van der Waals surface area contributed by atoms with Gasteiger partial charge in [0.15, 0.2) is 5.69 Å². The van der Waals surface area contributed by atoms with Gasteiger partial charge in [0.2, 0.25) is 0 Å². The van der Waals surface area contributed by atoms with Gasteiger partial charge in [-0.1, -0.05) is 152 Å². The van der Waals surface area contributed by atoms with Gasteiger partial charge in [0.25, 0.3) is 0 Å². The second-order valence-electron chi connectivity index (χ2n) is 15.3. The van der Waals surface area contributed by atoms with Crippen LogP contribution in [0.1, 0.15) is 5.56 Å². The lowest BCUT2D eigenvalue weighted by Gasteiger charge is -2.19. The van der Waals surface area contributed by atoms with E-state index in [1.807, 2.05) is 6.07 Å². The molecule has 0 aliphatic carbocycles. The third kappa shape index (κ3) is 4.80. The molecular formula is C56H30N2O. The topological polar surface area (TPSA) is 41.3 Å². The molecule has 12 rings (SSSR count). The lowest BCUT2D eigenvalue weighted by molar-refractivity contribution is 0.669. The second-order valence-corrected chi connectivity index (χ2v) is 15.3. The summed E-state index contributed by atoms with van der Waals surface area (Å²) in [5.41, 5.74) is 9.20. The van der Waals surface area contributed by atoms with Gasteiger partial charge >= 0.3 is 0 Å². The summed E-state index contributed by atoms with van der Waals surface area (Å²) in [5.74, 6) is 0. The first-order chi connectivity index (χ1) is 29.2. The Morgan fingerprint density at radius 3 is 1.63 bits per heavy atom. The van der Waals surface area contributed by atoms with E-state index in [0.29, 0.717) is 11.3 Å². The number of rotatable bonds is 3. The fourth-order valence-corrected chi connectivity index (χ4v) is 9.74. The molecule has 1 aromatic heterocycles. The zero-order valence-corrected chi connectivity index (χ0v) is 31.6. The average Bonchev–Trinajstić information content (AvgIpc) is 3.70. The number of benzene rings is 11. The summed E-state index contributed by atoms with van der Waals surface area (Å²) in [7, 11) is 0. The molecule has 12 aromatic rings. The molecule has 0 unspecified atom stereocenters. The molecule has 0 aliphatic heterocycles. The van der Waals surface area contributed by atoms with E-state index in [0.717, 1.165) is 27.9 Å². The molecule has 270 valence electrons. The van der Waals surface area contributed by atoms with Crippen molar-refractivity contribution in [1.82, 2.24) is 0 Å². The molecule has 0 aliphatic rings. The maximum atomic E-state index is 9.89. The van der Waals surface area contributed by atoms with Gasteiger partial charge in [0.1, 0.15) is 11.2 Å². The molecular weight excluding hydrogens is 717 g/mol. The monoisotopic (exact) mass is 746 g/mol. The highest BCUT2D eigenvalue weighted by Crippen LogP contribution is 2.48. The number of hydrogen-bond acceptors (Lipinski definition) is 2. The van der Waals surface area contributed by atoms with Crippen LogP contribution in [0.2, 0.25) is 0 Å². The van der Waals surface area contributed by atoms with Crippen molar-refractivity contribution < 1.29 is 4.42 Å². The van der Waals surface area contributed by atoms with Crippen LogP contribution in [0.4, 0.5) is 5.69 Å². The van der Waals surface area contributed by atoms with Gasteiger partial charge in [-0.3, -0.25) is 0 Å². The molecule has 0 saturated carbocycles. The minimum atomic E-state index is 0.464. The van der Waals surface area contributed by atoms with Crippen LogP contribution in [0, 0.1) is 17.9 Å². The Bertz CT molecular complexity index is 3780. The van der Waals surface area contributed by atoms with Gasteiger partial charge in [-0.15, -0.1) is 0 Å². The van der Waals surface area contributed by atoms with Crippen molar-refractivity contribution in [2.75, 3.05) is 0 Å². The summed E-state index contributed by atoms with van der Waals surface area (Å²) in [6.45, 7) is 7.39. The first kappa shape index (κ1) is 33.0. The van der Waals surface area contributed by atoms with E-state index < -0.39 is 0 Å². The minimum absolute atomic E-state index is 0.464. The van der Waals surface area contributed by atoms with Crippen LogP contribution in [0.15, 0.2) is 186 Å². The van der Waals surface area contributed by atoms with E-state index in [1.54, 1.807) is 12.1 Å². The standard InChI is InChI=1S/C56H30N2O/c1-58-38-24-26-39(37(30-38)32-57)34-18-20-35(21-19-34)52-44-14-6-8-16-46(44)53(47-17-9-7-15-45(47)52)36-22-25-42-48-27-29-51-56(54(48)43-13-5-4-12-41(43)49(42)31-36)55-40-11-3-2-10-33(40)23-28-50(55)59-51/h2-31H. The highest BCUT2D eigenvalue weighted by atomic mass is 16.3. The van der Waals surface area contributed by atoms with E-state index in [2.05, 4.69) is 175 Å². The molecule has 0 amide bonds. The highest BCUT2D eigenvalue weighted by Gasteiger charge is 2.21. The van der Waals surface area contributed by atoms with Crippen LogP contribution in [0.5, 0.6) is 0 Å².